The summed E-state index contributed by atoms with van der Waals surface area (Å²) in [5, 5.41) is 0. The molecule has 0 saturated heterocycles. The molecule has 2 aromatic rings. The Bertz CT molecular complexity index is 573. The number of hydrazine groups is 1. The van der Waals surface area contributed by atoms with Gasteiger partial charge in [-0.05, 0) is 34.0 Å². The molecule has 0 aliphatic heterocycles. The van der Waals surface area contributed by atoms with Gasteiger partial charge in [0, 0.05) is 13.6 Å². The standard InChI is InChI=1S/C13H16BrN5/c1-9-5-3-4-6-10(9)7-19(2)13-11(14)12(18-15)16-8-17-13/h3-6,8H,7,15H2,1-2H3,(H,16,17,18). The summed E-state index contributed by atoms with van der Waals surface area (Å²) in [6, 6.07) is 8.29. The van der Waals surface area contributed by atoms with E-state index in [1.165, 1.54) is 17.5 Å². The average molecular weight is 322 g/mol. The highest BCUT2D eigenvalue weighted by Crippen LogP contribution is 2.29. The summed E-state index contributed by atoms with van der Waals surface area (Å²) < 4.78 is 0.758. The second kappa shape index (κ2) is 5.99. The Kier molecular flexibility index (Phi) is 4.34. The molecule has 5 nitrogen and oxygen atoms in total. The highest BCUT2D eigenvalue weighted by atomic mass is 79.9. The minimum atomic E-state index is 0.571. The Morgan fingerprint density at radius 1 is 1.32 bits per heavy atom. The maximum Gasteiger partial charge on any atom is 0.159 e. The van der Waals surface area contributed by atoms with Crippen LogP contribution in [0.1, 0.15) is 11.1 Å². The molecular weight excluding hydrogens is 306 g/mol. The summed E-state index contributed by atoms with van der Waals surface area (Å²) in [5.74, 6) is 6.78. The van der Waals surface area contributed by atoms with Crippen molar-refractivity contribution in [2.75, 3.05) is 17.4 Å². The van der Waals surface area contributed by atoms with E-state index in [9.17, 15) is 0 Å². The van der Waals surface area contributed by atoms with Gasteiger partial charge in [0.1, 0.15) is 16.6 Å². The lowest BCUT2D eigenvalue weighted by Gasteiger charge is -2.21. The van der Waals surface area contributed by atoms with Crippen molar-refractivity contribution in [2.24, 2.45) is 5.84 Å². The van der Waals surface area contributed by atoms with Crippen molar-refractivity contribution in [3.8, 4) is 0 Å². The normalized spacial score (nSPS) is 10.3. The van der Waals surface area contributed by atoms with Crippen molar-refractivity contribution in [1.82, 2.24) is 9.97 Å². The fourth-order valence-corrected chi connectivity index (χ4v) is 2.47. The molecule has 0 atom stereocenters. The first-order valence-electron chi connectivity index (χ1n) is 5.86. The summed E-state index contributed by atoms with van der Waals surface area (Å²) in [7, 11) is 1.99. The smallest absolute Gasteiger partial charge is 0.159 e. The zero-order chi connectivity index (χ0) is 13.8. The van der Waals surface area contributed by atoms with Crippen LogP contribution < -0.4 is 16.2 Å². The number of nitrogens with two attached hydrogens (primary N) is 1. The van der Waals surface area contributed by atoms with Crippen LogP contribution >= 0.6 is 15.9 Å². The number of aryl methyl sites for hydroxylation is 1. The van der Waals surface area contributed by atoms with Crippen molar-refractivity contribution >= 4 is 27.6 Å². The van der Waals surface area contributed by atoms with Crippen LogP contribution in [0.15, 0.2) is 35.1 Å². The number of nitrogens with one attached hydrogen (secondary N) is 1. The van der Waals surface area contributed by atoms with Gasteiger partial charge in [0.15, 0.2) is 5.82 Å². The third kappa shape index (κ3) is 3.02. The average Bonchev–Trinajstić information content (AvgIpc) is 2.41. The number of anilines is 2. The van der Waals surface area contributed by atoms with Crippen molar-refractivity contribution in [1.29, 1.82) is 0 Å². The molecule has 0 radical (unpaired) electrons. The van der Waals surface area contributed by atoms with Crippen LogP contribution in [0.4, 0.5) is 11.6 Å². The van der Waals surface area contributed by atoms with Crippen LogP contribution in [0.2, 0.25) is 0 Å². The Morgan fingerprint density at radius 2 is 2.05 bits per heavy atom. The third-order valence-corrected chi connectivity index (χ3v) is 3.67. The number of hydrogen-bond acceptors (Lipinski definition) is 5. The van der Waals surface area contributed by atoms with Gasteiger partial charge in [-0.2, -0.15) is 0 Å². The highest BCUT2D eigenvalue weighted by molar-refractivity contribution is 9.10. The molecule has 1 heterocycles. The maximum atomic E-state index is 5.41. The zero-order valence-electron chi connectivity index (χ0n) is 10.9. The lowest BCUT2D eigenvalue weighted by molar-refractivity contribution is 0.879. The van der Waals surface area contributed by atoms with E-state index in [0.29, 0.717) is 5.82 Å². The number of nitrogen functional groups attached to an aromatic ring is 1. The number of hydrogen-bond donors (Lipinski definition) is 2. The van der Waals surface area contributed by atoms with Crippen LogP contribution in [0.5, 0.6) is 0 Å². The van der Waals surface area contributed by atoms with E-state index in [2.05, 4.69) is 55.3 Å². The van der Waals surface area contributed by atoms with E-state index in [-0.39, 0.29) is 0 Å². The third-order valence-electron chi connectivity index (χ3n) is 2.94. The molecule has 0 bridgehead atoms. The van der Waals surface area contributed by atoms with Crippen molar-refractivity contribution < 1.29 is 0 Å². The molecule has 0 saturated carbocycles. The molecule has 0 aliphatic rings. The first kappa shape index (κ1) is 13.8. The quantitative estimate of drug-likeness (QED) is 0.669. The van der Waals surface area contributed by atoms with Gasteiger partial charge < -0.3 is 10.3 Å². The van der Waals surface area contributed by atoms with E-state index in [0.717, 1.165) is 16.8 Å². The van der Waals surface area contributed by atoms with E-state index in [1.54, 1.807) is 0 Å². The van der Waals surface area contributed by atoms with Crippen molar-refractivity contribution in [2.45, 2.75) is 13.5 Å². The van der Waals surface area contributed by atoms with Crippen molar-refractivity contribution in [3.63, 3.8) is 0 Å². The molecule has 0 aliphatic carbocycles. The SMILES string of the molecule is Cc1ccccc1CN(C)c1ncnc(NN)c1Br. The maximum absolute atomic E-state index is 5.41. The second-order valence-electron chi connectivity index (χ2n) is 4.29. The molecular formula is C13H16BrN5. The largest absolute Gasteiger partial charge is 0.354 e. The van der Waals surface area contributed by atoms with Gasteiger partial charge in [-0.3, -0.25) is 0 Å². The highest BCUT2D eigenvalue weighted by Gasteiger charge is 2.12. The zero-order valence-corrected chi connectivity index (χ0v) is 12.5. The number of rotatable bonds is 4. The topological polar surface area (TPSA) is 67.1 Å². The molecule has 0 spiro atoms. The minimum Gasteiger partial charge on any atom is -0.354 e. The van der Waals surface area contributed by atoms with Crippen molar-refractivity contribution in [3.05, 3.63) is 46.2 Å². The molecule has 1 aromatic heterocycles. The first-order valence-corrected chi connectivity index (χ1v) is 6.65. The lowest BCUT2D eigenvalue weighted by Crippen LogP contribution is -2.20. The number of benzene rings is 1. The second-order valence-corrected chi connectivity index (χ2v) is 5.08. The Labute approximate surface area is 121 Å². The Hall–Kier alpha value is -1.66. The summed E-state index contributed by atoms with van der Waals surface area (Å²) >= 11 is 3.46. The molecule has 0 amide bonds. The Balaban J connectivity index is 2.26. The van der Waals surface area contributed by atoms with Gasteiger partial charge in [0.05, 0.1) is 0 Å². The molecule has 2 rings (SSSR count). The van der Waals surface area contributed by atoms with Gasteiger partial charge in [0.2, 0.25) is 0 Å². The molecule has 19 heavy (non-hydrogen) atoms. The molecule has 1 aromatic carbocycles. The van der Waals surface area contributed by atoms with Gasteiger partial charge in [-0.1, -0.05) is 24.3 Å². The summed E-state index contributed by atoms with van der Waals surface area (Å²) in [6.45, 7) is 2.87. The van der Waals surface area contributed by atoms with Crippen LogP contribution in [-0.2, 0) is 6.54 Å². The minimum absolute atomic E-state index is 0.571. The number of aromatic nitrogens is 2. The van der Waals surface area contributed by atoms with Gasteiger partial charge >= 0.3 is 0 Å². The molecule has 3 N–H and O–H groups in total. The van der Waals surface area contributed by atoms with Gasteiger partial charge in [-0.25, -0.2) is 15.8 Å². The van der Waals surface area contributed by atoms with Crippen LogP contribution in [0.3, 0.4) is 0 Å². The van der Waals surface area contributed by atoms with Crippen LogP contribution in [0.25, 0.3) is 0 Å². The summed E-state index contributed by atoms with van der Waals surface area (Å²) in [4.78, 5) is 10.4. The predicted octanol–water partition coefficient (Wildman–Crippen LogP) is 2.47. The summed E-state index contributed by atoms with van der Waals surface area (Å²) in [6.07, 6.45) is 1.49. The van der Waals surface area contributed by atoms with E-state index in [1.807, 2.05) is 19.2 Å². The van der Waals surface area contributed by atoms with Crippen LogP contribution in [-0.4, -0.2) is 17.0 Å². The monoisotopic (exact) mass is 321 g/mol. The molecule has 100 valence electrons. The molecule has 0 unspecified atom stereocenters. The fraction of sp³-hybridized carbons (Fsp3) is 0.231. The first-order chi connectivity index (χ1) is 9.13. The lowest BCUT2D eigenvalue weighted by atomic mass is 10.1. The van der Waals surface area contributed by atoms with Gasteiger partial charge in [0.25, 0.3) is 0 Å². The van der Waals surface area contributed by atoms with E-state index < -0.39 is 0 Å². The number of halogens is 1. The van der Waals surface area contributed by atoms with E-state index >= 15 is 0 Å². The molecule has 6 heteroatoms. The predicted molar refractivity (Wildman–Crippen MR) is 80.8 cm³/mol. The Morgan fingerprint density at radius 3 is 2.74 bits per heavy atom. The molecule has 0 fully saturated rings. The number of nitrogens with zero attached hydrogens (tertiary/aromatic N) is 3. The summed E-state index contributed by atoms with van der Waals surface area (Å²) in [5.41, 5.74) is 5.06. The van der Waals surface area contributed by atoms with Crippen LogP contribution in [0, 0.1) is 6.92 Å². The fourth-order valence-electron chi connectivity index (χ4n) is 1.85. The van der Waals surface area contributed by atoms with Gasteiger partial charge in [-0.15, -0.1) is 0 Å². The van der Waals surface area contributed by atoms with E-state index in [4.69, 9.17) is 5.84 Å².